The second-order valence-corrected chi connectivity index (χ2v) is 27.4. The van der Waals surface area contributed by atoms with Crippen LogP contribution < -0.4 is 0 Å². The molecule has 0 aromatic rings. The Labute approximate surface area is 627 Å². The number of phosphoric acid groups is 2. The van der Waals surface area contributed by atoms with Crippen molar-refractivity contribution >= 4 is 39.5 Å². The summed E-state index contributed by atoms with van der Waals surface area (Å²) in [5.41, 5.74) is 0. The molecule has 0 aromatic heterocycles. The van der Waals surface area contributed by atoms with Crippen LogP contribution in [0.5, 0.6) is 0 Å². The normalized spacial score (nSPS) is 15.0. The SMILES string of the molecule is CC/C=C\C/C=C\C/C=C\C/C=C\C/C=C\CC(=O)OCC(COP(=O)(O)OCC(O)COP(=O)(O)OCC(COC(=O)CCCCCC/C=C\C/C=C\C/C=C\C/C=C\CC)OC(=O)CCCCCCCCC/C=C\C/C=C\C/C=C\CC)OC(=O)C/C=C\C/C=C\C/C=C\C/C=C\C/C=C\CC. The number of rotatable bonds is 69. The van der Waals surface area contributed by atoms with Gasteiger partial charge in [-0.2, -0.15) is 0 Å². The van der Waals surface area contributed by atoms with Gasteiger partial charge in [-0.05, 0) is 148 Å². The third-order valence-electron chi connectivity index (χ3n) is 14.8. The van der Waals surface area contributed by atoms with Crippen LogP contribution >= 0.6 is 15.6 Å². The lowest BCUT2D eigenvalue weighted by atomic mass is 10.1. The number of carbonyl (C=O) groups is 4. The molecule has 584 valence electrons. The minimum absolute atomic E-state index is 0.0644. The summed E-state index contributed by atoms with van der Waals surface area (Å²) in [4.78, 5) is 72.8. The Morgan fingerprint density at radius 2 is 0.519 bits per heavy atom. The molecule has 0 spiro atoms. The largest absolute Gasteiger partial charge is 0.472 e. The van der Waals surface area contributed by atoms with Crippen LogP contribution in [0.25, 0.3) is 0 Å². The number of phosphoric ester groups is 2. The van der Waals surface area contributed by atoms with Crippen LogP contribution in [0.1, 0.15) is 246 Å². The van der Waals surface area contributed by atoms with Crippen molar-refractivity contribution in [3.8, 4) is 0 Å². The lowest BCUT2D eigenvalue weighted by molar-refractivity contribution is -0.161. The average Bonchev–Trinajstić information content (AvgIpc) is 0.926. The van der Waals surface area contributed by atoms with Crippen LogP contribution in [-0.4, -0.2) is 96.7 Å². The number of aliphatic hydroxyl groups is 1. The Morgan fingerprint density at radius 1 is 0.279 bits per heavy atom. The zero-order valence-corrected chi connectivity index (χ0v) is 65.4. The highest BCUT2D eigenvalue weighted by Crippen LogP contribution is 2.45. The first-order valence-corrected chi connectivity index (χ1v) is 41.3. The van der Waals surface area contributed by atoms with Crippen molar-refractivity contribution in [1.29, 1.82) is 0 Å². The van der Waals surface area contributed by atoms with Gasteiger partial charge in [-0.1, -0.05) is 279 Å². The van der Waals surface area contributed by atoms with E-state index in [9.17, 15) is 43.2 Å². The standard InChI is InChI=1S/C85H132O17P2/c1-5-9-13-17-21-25-29-33-37-39-43-46-50-54-58-62-66-70-83(88)96-76-81(102-85(90)72-68-64-60-56-52-48-44-40-38-34-30-26-22-18-14-10-6-2)78-100-104(93,94)98-74-79(86)73-97-103(91,92)99-77-80(101-84(89)71-67-63-59-55-51-47-42-36-32-28-24-20-16-12-8-4)75-95-82(87)69-65-61-57-53-49-45-41-35-31-27-23-19-15-11-7-3/h9-16,21-28,33-38,41-43,46,49,51,53,55,61,63,65,67,79-81,86H,5-8,17-20,29-32,39-40,44-45,47-48,50,52,54,56-60,62,64,66,68-78H2,1-4H3,(H,91,92)(H,93,94)/b13-9-,14-10-,15-11-,16-12-,25-21-,26-22-,27-23-,28-24-,37-33-,38-34-,41-35-,42-36-,46-43-,53-49-,55-51-,65-61-,67-63-. The number of aliphatic hydroxyl groups excluding tert-OH is 1. The maximum absolute atomic E-state index is 13.1. The second-order valence-electron chi connectivity index (χ2n) is 24.4. The van der Waals surface area contributed by atoms with E-state index in [1.54, 1.807) is 24.3 Å². The van der Waals surface area contributed by atoms with Crippen molar-refractivity contribution in [2.45, 2.75) is 264 Å². The van der Waals surface area contributed by atoms with Crippen LogP contribution in [0, 0.1) is 0 Å². The molecule has 0 rings (SSSR count). The molecule has 104 heavy (non-hydrogen) atoms. The molecule has 0 saturated carbocycles. The molecule has 19 heteroatoms. The third-order valence-corrected chi connectivity index (χ3v) is 16.7. The molecule has 0 heterocycles. The van der Waals surface area contributed by atoms with Crippen LogP contribution in [0.4, 0.5) is 0 Å². The topological polar surface area (TPSA) is 237 Å². The summed E-state index contributed by atoms with van der Waals surface area (Å²) in [6.45, 7) is 4.10. The van der Waals surface area contributed by atoms with Gasteiger partial charge >= 0.3 is 39.5 Å². The van der Waals surface area contributed by atoms with E-state index in [0.717, 1.165) is 167 Å². The van der Waals surface area contributed by atoms with Gasteiger partial charge in [-0.3, -0.25) is 37.3 Å². The summed E-state index contributed by atoms with van der Waals surface area (Å²) in [5, 5.41) is 10.6. The fraction of sp³-hybridized carbons (Fsp3) is 0.553. The predicted molar refractivity (Wildman–Crippen MR) is 426 cm³/mol. The fourth-order valence-electron chi connectivity index (χ4n) is 9.14. The van der Waals surface area contributed by atoms with Gasteiger partial charge in [0.15, 0.2) is 12.2 Å². The Hall–Kier alpha value is -6.36. The van der Waals surface area contributed by atoms with E-state index in [1.807, 2.05) is 24.3 Å². The molecule has 5 unspecified atom stereocenters. The molecule has 17 nitrogen and oxygen atoms in total. The molecule has 0 radical (unpaired) electrons. The molecular formula is C85H132O17P2. The van der Waals surface area contributed by atoms with Gasteiger partial charge in [-0.15, -0.1) is 0 Å². The Kier molecular flexibility index (Phi) is 70.3. The first-order valence-electron chi connectivity index (χ1n) is 38.3. The highest BCUT2D eigenvalue weighted by atomic mass is 31.2. The molecule has 0 aliphatic carbocycles. The molecule has 0 amide bonds. The second kappa shape index (κ2) is 74.9. The maximum Gasteiger partial charge on any atom is 0.472 e. The summed E-state index contributed by atoms with van der Waals surface area (Å²) < 4.78 is 68.2. The van der Waals surface area contributed by atoms with Gasteiger partial charge in [0.1, 0.15) is 19.3 Å². The predicted octanol–water partition coefficient (Wildman–Crippen LogP) is 22.3. The number of unbranched alkanes of at least 4 members (excludes halogenated alkanes) is 11. The van der Waals surface area contributed by atoms with Crippen molar-refractivity contribution in [1.82, 2.24) is 0 Å². The smallest absolute Gasteiger partial charge is 0.462 e. The number of allylic oxidation sites excluding steroid dienone is 32. The minimum Gasteiger partial charge on any atom is -0.462 e. The van der Waals surface area contributed by atoms with Crippen LogP contribution in [0.3, 0.4) is 0 Å². The van der Waals surface area contributed by atoms with Gasteiger partial charge in [0, 0.05) is 12.8 Å². The zero-order valence-electron chi connectivity index (χ0n) is 63.6. The van der Waals surface area contributed by atoms with Gasteiger partial charge in [0.25, 0.3) is 0 Å². The Morgan fingerprint density at radius 3 is 0.846 bits per heavy atom. The summed E-state index contributed by atoms with van der Waals surface area (Å²) in [5.74, 6) is -2.54. The quantitative estimate of drug-likeness (QED) is 0.0169. The first-order chi connectivity index (χ1) is 50.7. The molecule has 0 aliphatic heterocycles. The number of esters is 4. The van der Waals surface area contributed by atoms with E-state index < -0.39 is 97.5 Å². The van der Waals surface area contributed by atoms with E-state index in [4.69, 9.17) is 37.0 Å². The summed E-state index contributed by atoms with van der Waals surface area (Å²) in [7, 11) is -10.0. The first kappa shape index (κ1) is 97.6. The average molecular weight is 1490 g/mol. The van der Waals surface area contributed by atoms with Crippen molar-refractivity contribution in [3.63, 3.8) is 0 Å². The lowest BCUT2D eigenvalue weighted by Gasteiger charge is -2.21. The molecule has 5 atom stereocenters. The summed E-state index contributed by atoms with van der Waals surface area (Å²) >= 11 is 0. The molecule has 0 bridgehead atoms. The van der Waals surface area contributed by atoms with E-state index in [-0.39, 0.29) is 25.7 Å². The number of ether oxygens (including phenoxy) is 4. The van der Waals surface area contributed by atoms with E-state index in [1.165, 1.54) is 0 Å². The van der Waals surface area contributed by atoms with Crippen LogP contribution in [0.15, 0.2) is 207 Å². The van der Waals surface area contributed by atoms with Gasteiger partial charge in [0.05, 0.1) is 39.3 Å². The zero-order chi connectivity index (χ0) is 76.0. The Bertz CT molecular complexity index is 2790. The summed E-state index contributed by atoms with van der Waals surface area (Å²) in [6, 6.07) is 0. The monoisotopic (exact) mass is 1490 g/mol. The molecule has 0 fully saturated rings. The van der Waals surface area contributed by atoms with Gasteiger partial charge in [0.2, 0.25) is 0 Å². The van der Waals surface area contributed by atoms with Gasteiger partial charge < -0.3 is 33.8 Å². The number of carbonyl (C=O) groups excluding carboxylic acids is 4. The Balaban J connectivity index is 5.55. The highest BCUT2D eigenvalue weighted by molar-refractivity contribution is 7.47. The van der Waals surface area contributed by atoms with Crippen molar-refractivity contribution in [3.05, 3.63) is 207 Å². The molecular weight excluding hydrogens is 1350 g/mol. The van der Waals surface area contributed by atoms with Crippen LogP contribution in [0.2, 0.25) is 0 Å². The molecule has 0 saturated heterocycles. The highest BCUT2D eigenvalue weighted by Gasteiger charge is 2.30. The van der Waals surface area contributed by atoms with Crippen molar-refractivity contribution in [2.24, 2.45) is 0 Å². The minimum atomic E-state index is -5.03. The third kappa shape index (κ3) is 73.9. The molecule has 3 N–H and O–H groups in total. The van der Waals surface area contributed by atoms with E-state index in [2.05, 4.69) is 186 Å². The van der Waals surface area contributed by atoms with Crippen molar-refractivity contribution in [2.75, 3.05) is 39.6 Å². The fourth-order valence-corrected chi connectivity index (χ4v) is 10.7. The maximum atomic E-state index is 13.1. The molecule has 0 aliphatic rings. The summed E-state index contributed by atoms with van der Waals surface area (Å²) in [6.07, 6.45) is 93.1. The van der Waals surface area contributed by atoms with Gasteiger partial charge in [-0.25, -0.2) is 9.13 Å². The van der Waals surface area contributed by atoms with E-state index >= 15 is 0 Å². The van der Waals surface area contributed by atoms with Crippen LogP contribution in [-0.2, 0) is 65.4 Å². The molecule has 0 aromatic carbocycles. The van der Waals surface area contributed by atoms with E-state index in [0.29, 0.717) is 25.7 Å². The number of hydrogen-bond donors (Lipinski definition) is 3. The van der Waals surface area contributed by atoms with Crippen molar-refractivity contribution < 1.29 is 80.2 Å². The lowest BCUT2D eigenvalue weighted by Crippen LogP contribution is -2.30. The number of hydrogen-bond acceptors (Lipinski definition) is 15.